The minimum atomic E-state index is -5.10. The maximum Gasteiger partial charge on any atom is 0.472 e. The van der Waals surface area contributed by atoms with Gasteiger partial charge in [0.25, 0.3) is 5.91 Å². The summed E-state index contributed by atoms with van der Waals surface area (Å²) in [4.78, 5) is 39.2. The number of carbonyl (C=O) groups excluding carboxylic acids is 3. The average molecular weight is 434 g/mol. The van der Waals surface area contributed by atoms with Gasteiger partial charge < -0.3 is 4.90 Å². The molecule has 0 radical (unpaired) electrons. The smallest absolute Gasteiger partial charge is 0.324 e. The van der Waals surface area contributed by atoms with Crippen LogP contribution in [0.1, 0.15) is 28.8 Å². The highest BCUT2D eigenvalue weighted by molar-refractivity contribution is 5.96. The number of hydrogen-bond acceptors (Lipinski definition) is 3. The van der Waals surface area contributed by atoms with Crippen LogP contribution in [0.15, 0.2) is 54.6 Å². The molecule has 0 bridgehead atoms. The number of para-hydroxylation sites is 1. The Balaban J connectivity index is 1.69. The average Bonchev–Trinajstić information content (AvgIpc) is 3.30. The van der Waals surface area contributed by atoms with Crippen LogP contribution in [-0.4, -0.2) is 42.0 Å². The van der Waals surface area contributed by atoms with Crippen LogP contribution >= 0.6 is 0 Å². The number of hydrazine groups is 1. The fourth-order valence-corrected chi connectivity index (χ4v) is 3.16. The molecule has 7 nitrogen and oxygen atoms in total. The highest BCUT2D eigenvalue weighted by Gasteiger charge is 2.39. The second-order valence-electron chi connectivity index (χ2n) is 7.00. The van der Waals surface area contributed by atoms with E-state index in [1.807, 2.05) is 30.3 Å². The Bertz CT molecular complexity index is 927. The second-order valence-corrected chi connectivity index (χ2v) is 7.00. The molecule has 10 heteroatoms. The summed E-state index contributed by atoms with van der Waals surface area (Å²) in [5.41, 5.74) is 4.55. The molecular formula is C21H21F3N4O3. The van der Waals surface area contributed by atoms with Crippen LogP contribution in [-0.2, 0) is 11.3 Å². The lowest BCUT2D eigenvalue weighted by Crippen LogP contribution is -2.47. The fourth-order valence-electron chi connectivity index (χ4n) is 3.16. The van der Waals surface area contributed by atoms with Gasteiger partial charge in [-0.3, -0.25) is 25.3 Å². The lowest BCUT2D eigenvalue weighted by atomic mass is 10.1. The third-order valence-corrected chi connectivity index (χ3v) is 4.78. The number of rotatable bonds is 4. The first kappa shape index (κ1) is 22.1. The zero-order chi connectivity index (χ0) is 22.4. The van der Waals surface area contributed by atoms with Gasteiger partial charge in [-0.1, -0.05) is 30.3 Å². The topological polar surface area (TPSA) is 81.8 Å². The third-order valence-electron chi connectivity index (χ3n) is 4.78. The van der Waals surface area contributed by atoms with Crippen molar-refractivity contribution in [1.29, 1.82) is 0 Å². The van der Waals surface area contributed by atoms with E-state index in [-0.39, 0.29) is 18.1 Å². The first-order valence-electron chi connectivity index (χ1n) is 9.63. The van der Waals surface area contributed by atoms with E-state index in [4.69, 9.17) is 0 Å². The second kappa shape index (κ2) is 9.50. The van der Waals surface area contributed by atoms with Gasteiger partial charge in [0.1, 0.15) is 0 Å². The monoisotopic (exact) mass is 434 g/mol. The van der Waals surface area contributed by atoms with Crippen molar-refractivity contribution in [2.24, 2.45) is 0 Å². The number of likely N-dealkylation sites (tertiary alicyclic amines) is 1. The Labute approximate surface area is 176 Å². The molecule has 1 heterocycles. The molecule has 2 aromatic carbocycles. The first-order valence-corrected chi connectivity index (χ1v) is 9.63. The van der Waals surface area contributed by atoms with Gasteiger partial charge in [0, 0.05) is 24.3 Å². The molecule has 3 rings (SSSR count). The first-order chi connectivity index (χ1) is 14.8. The number of halogens is 3. The molecule has 31 heavy (non-hydrogen) atoms. The Kier molecular flexibility index (Phi) is 6.78. The molecular weight excluding hydrogens is 413 g/mol. The lowest BCUT2D eigenvalue weighted by molar-refractivity contribution is -0.174. The molecule has 0 unspecified atom stereocenters. The van der Waals surface area contributed by atoms with Crippen LogP contribution in [0.2, 0.25) is 0 Å². The molecule has 2 N–H and O–H groups in total. The van der Waals surface area contributed by atoms with Crippen molar-refractivity contribution < 1.29 is 27.6 Å². The summed E-state index contributed by atoms with van der Waals surface area (Å²) in [5.74, 6) is -3.16. The molecule has 1 fully saturated rings. The van der Waals surface area contributed by atoms with Crippen molar-refractivity contribution >= 4 is 23.5 Å². The summed E-state index contributed by atoms with van der Waals surface area (Å²) >= 11 is 0. The highest BCUT2D eigenvalue weighted by atomic mass is 19.4. The van der Waals surface area contributed by atoms with E-state index < -0.39 is 18.0 Å². The maximum absolute atomic E-state index is 13.0. The number of benzene rings is 2. The van der Waals surface area contributed by atoms with Crippen LogP contribution in [0.4, 0.5) is 23.7 Å². The van der Waals surface area contributed by atoms with Crippen molar-refractivity contribution in [3.63, 3.8) is 0 Å². The van der Waals surface area contributed by atoms with Gasteiger partial charge in [-0.05, 0) is 42.7 Å². The number of nitrogens with zero attached hydrogens (tertiary/aromatic N) is 2. The van der Waals surface area contributed by atoms with E-state index in [1.54, 1.807) is 27.4 Å². The van der Waals surface area contributed by atoms with Crippen LogP contribution in [0.3, 0.4) is 0 Å². The molecule has 0 aliphatic carbocycles. The van der Waals surface area contributed by atoms with Crippen molar-refractivity contribution in [2.75, 3.05) is 18.0 Å². The summed E-state index contributed by atoms with van der Waals surface area (Å²) in [6, 6.07) is 15.1. The zero-order valence-electron chi connectivity index (χ0n) is 16.5. The quantitative estimate of drug-likeness (QED) is 0.725. The van der Waals surface area contributed by atoms with Crippen LogP contribution in [0, 0.1) is 0 Å². The summed E-state index contributed by atoms with van der Waals surface area (Å²) in [6.45, 7) is 1.65. The van der Waals surface area contributed by atoms with Crippen molar-refractivity contribution in [2.45, 2.75) is 25.6 Å². The van der Waals surface area contributed by atoms with Gasteiger partial charge in [0.2, 0.25) is 0 Å². The molecule has 164 valence electrons. The van der Waals surface area contributed by atoms with Crippen molar-refractivity contribution in [3.8, 4) is 0 Å². The van der Waals surface area contributed by atoms with E-state index in [2.05, 4.69) is 0 Å². The Morgan fingerprint density at radius 1 is 0.903 bits per heavy atom. The Morgan fingerprint density at radius 3 is 2.10 bits per heavy atom. The number of hydrogen-bond donors (Lipinski definition) is 2. The Morgan fingerprint density at radius 2 is 1.52 bits per heavy atom. The number of urea groups is 1. The number of amides is 4. The summed E-state index contributed by atoms with van der Waals surface area (Å²) in [6.07, 6.45) is -3.17. The van der Waals surface area contributed by atoms with Crippen LogP contribution < -0.4 is 15.8 Å². The SMILES string of the molecule is O=C(NNC(=O)C(F)(F)F)c1ccc(CN(C(=O)N2CCCC2)c2ccccc2)cc1. The maximum atomic E-state index is 13.0. The van der Waals surface area contributed by atoms with Gasteiger partial charge in [-0.15, -0.1) is 0 Å². The zero-order valence-corrected chi connectivity index (χ0v) is 16.5. The molecule has 1 aliphatic heterocycles. The molecule has 0 spiro atoms. The molecule has 0 aromatic heterocycles. The molecule has 2 aromatic rings. The fraction of sp³-hybridized carbons (Fsp3) is 0.286. The van der Waals surface area contributed by atoms with Crippen LogP contribution in [0.5, 0.6) is 0 Å². The van der Waals surface area contributed by atoms with Crippen molar-refractivity contribution in [1.82, 2.24) is 15.8 Å². The number of nitrogens with one attached hydrogen (secondary N) is 2. The summed E-state index contributed by atoms with van der Waals surface area (Å²) < 4.78 is 36.6. The van der Waals surface area contributed by atoms with Gasteiger partial charge >= 0.3 is 18.1 Å². The van der Waals surface area contributed by atoms with Gasteiger partial charge in [0.05, 0.1) is 6.54 Å². The molecule has 1 aliphatic rings. The van der Waals surface area contributed by atoms with E-state index >= 15 is 0 Å². The largest absolute Gasteiger partial charge is 0.472 e. The van der Waals surface area contributed by atoms with Gasteiger partial charge in [-0.25, -0.2) is 4.79 Å². The minimum Gasteiger partial charge on any atom is -0.324 e. The molecule has 0 atom stereocenters. The predicted octanol–water partition coefficient (Wildman–Crippen LogP) is 3.23. The number of anilines is 1. The van der Waals surface area contributed by atoms with E-state index in [9.17, 15) is 27.6 Å². The Hall–Kier alpha value is -3.56. The molecule has 0 saturated carbocycles. The minimum absolute atomic E-state index is 0.0587. The van der Waals surface area contributed by atoms with Crippen molar-refractivity contribution in [3.05, 3.63) is 65.7 Å². The summed E-state index contributed by atoms with van der Waals surface area (Å²) in [5, 5.41) is 0. The van der Waals surface area contributed by atoms with Gasteiger partial charge in [-0.2, -0.15) is 13.2 Å². The standard InChI is InChI=1S/C21H21F3N4O3/c22-21(23,24)19(30)26-25-18(29)16-10-8-15(9-11-16)14-28(17-6-2-1-3-7-17)20(31)27-12-4-5-13-27/h1-3,6-11H,4-5,12-14H2,(H,25,29)(H,26,30). The number of carbonyl (C=O) groups is 3. The summed E-state index contributed by atoms with van der Waals surface area (Å²) in [7, 11) is 0. The highest BCUT2D eigenvalue weighted by Crippen LogP contribution is 2.21. The normalized spacial score (nSPS) is 13.6. The third kappa shape index (κ3) is 5.74. The van der Waals surface area contributed by atoms with E-state index in [0.29, 0.717) is 13.1 Å². The molecule has 1 saturated heterocycles. The molecule has 4 amide bonds. The predicted molar refractivity (Wildman–Crippen MR) is 107 cm³/mol. The lowest BCUT2D eigenvalue weighted by Gasteiger charge is -2.28. The number of alkyl halides is 3. The van der Waals surface area contributed by atoms with E-state index in [1.165, 1.54) is 17.6 Å². The van der Waals surface area contributed by atoms with Crippen LogP contribution in [0.25, 0.3) is 0 Å². The van der Waals surface area contributed by atoms with Gasteiger partial charge in [0.15, 0.2) is 0 Å². The van der Waals surface area contributed by atoms with E-state index in [0.717, 1.165) is 24.1 Å².